The van der Waals surface area contributed by atoms with E-state index in [4.69, 9.17) is 5.73 Å². The van der Waals surface area contributed by atoms with Gasteiger partial charge in [0, 0.05) is 38.8 Å². The summed E-state index contributed by atoms with van der Waals surface area (Å²) in [5.41, 5.74) is 11.6. The predicted octanol–water partition coefficient (Wildman–Crippen LogP) is 7.12. The maximum atomic E-state index is 13.8. The number of Topliss-reactive ketones (excluding diaryl/α,β-unsaturated/α-hetero) is 2. The van der Waals surface area contributed by atoms with Crippen LogP contribution in [0.2, 0.25) is 0 Å². The number of allylic oxidation sites excluding steroid dienone is 2. The van der Waals surface area contributed by atoms with Gasteiger partial charge in [-0.1, -0.05) is 30.3 Å². The van der Waals surface area contributed by atoms with Gasteiger partial charge in [-0.3, -0.25) is 38.9 Å². The Morgan fingerprint density at radius 2 is 1.15 bits per heavy atom. The zero-order valence-corrected chi connectivity index (χ0v) is 35.8. The van der Waals surface area contributed by atoms with E-state index in [1.165, 1.54) is 91.0 Å². The number of hydrazone groups is 2. The van der Waals surface area contributed by atoms with Crippen molar-refractivity contribution in [1.29, 1.82) is 0 Å². The molecule has 0 atom stereocenters. The summed E-state index contributed by atoms with van der Waals surface area (Å²) in [6.45, 7) is 0. The monoisotopic (exact) mass is 946 g/mol. The summed E-state index contributed by atoms with van der Waals surface area (Å²) in [7, 11) is -14.4. The summed E-state index contributed by atoms with van der Waals surface area (Å²) >= 11 is 0. The Hall–Kier alpha value is -8.06. The van der Waals surface area contributed by atoms with Crippen molar-refractivity contribution >= 4 is 116 Å². The highest BCUT2D eigenvalue weighted by molar-refractivity contribution is 7.91. The molecular weight excluding hydrogens is 917 g/mol. The first-order valence-electron chi connectivity index (χ1n) is 18.9. The van der Waals surface area contributed by atoms with E-state index >= 15 is 0 Å². The molecule has 0 saturated carbocycles. The van der Waals surface area contributed by atoms with Crippen LogP contribution in [-0.2, 0) is 30.4 Å². The second kappa shape index (κ2) is 17.1. The topological polar surface area (TPSA) is 326 Å². The number of carbonyl (C=O) groups excluding carboxylic acids is 3. The molecule has 8 N–H and O–H groups in total. The largest absolute Gasteiger partial charge is 0.399 e. The first-order valence-corrected chi connectivity index (χ1v) is 23.2. The molecule has 2 aliphatic rings. The first kappa shape index (κ1) is 44.5. The number of rotatable bonds is 11. The highest BCUT2D eigenvalue weighted by Crippen LogP contribution is 2.35. The zero-order chi connectivity index (χ0) is 47.1. The number of nitrogens with zero attached hydrogens (tertiary/aromatic N) is 4. The minimum Gasteiger partial charge on any atom is -0.399 e. The average molecular weight is 947 g/mol. The summed E-state index contributed by atoms with van der Waals surface area (Å²) in [6, 6.07) is 28.9. The molecule has 66 heavy (non-hydrogen) atoms. The molecule has 6 aromatic rings. The maximum absolute atomic E-state index is 13.8. The number of carbonyl (C=O) groups is 3. The van der Waals surface area contributed by atoms with Crippen molar-refractivity contribution in [3.63, 3.8) is 0 Å². The quantitative estimate of drug-likeness (QED) is 0.0294. The van der Waals surface area contributed by atoms with Crippen LogP contribution in [0.4, 0.5) is 34.1 Å². The second-order valence-corrected chi connectivity index (χ2v) is 18.5. The van der Waals surface area contributed by atoms with Gasteiger partial charge in [-0.2, -0.15) is 40.6 Å². The van der Waals surface area contributed by atoms with Crippen LogP contribution >= 0.6 is 0 Å². The third kappa shape index (κ3) is 9.27. The van der Waals surface area contributed by atoms with Crippen molar-refractivity contribution in [3.05, 3.63) is 159 Å². The first-order chi connectivity index (χ1) is 31.2. The van der Waals surface area contributed by atoms with Gasteiger partial charge >= 0.3 is 0 Å². The molecule has 6 aromatic carbocycles. The molecule has 0 fully saturated rings. The molecule has 20 nitrogen and oxygen atoms in total. The van der Waals surface area contributed by atoms with Gasteiger partial charge in [0.1, 0.15) is 9.81 Å². The summed E-state index contributed by atoms with van der Waals surface area (Å²) in [6.07, 6.45) is 2.10. The Bertz CT molecular complexity index is 3610. The van der Waals surface area contributed by atoms with Gasteiger partial charge in [-0.15, -0.1) is 5.11 Å². The molecule has 0 bridgehead atoms. The van der Waals surface area contributed by atoms with Crippen LogP contribution in [0.1, 0.15) is 42.2 Å². The Balaban J connectivity index is 0.993. The molecular formula is C43H30N8O12S3. The normalized spacial score (nSPS) is 15.3. The van der Waals surface area contributed by atoms with Crippen molar-refractivity contribution < 1.29 is 53.3 Å². The summed E-state index contributed by atoms with van der Waals surface area (Å²) in [5, 5.41) is 20.0. The third-order valence-corrected chi connectivity index (χ3v) is 12.5. The van der Waals surface area contributed by atoms with E-state index < -0.39 is 69.1 Å². The minimum absolute atomic E-state index is 0.00672. The van der Waals surface area contributed by atoms with Crippen LogP contribution in [0.15, 0.2) is 156 Å². The van der Waals surface area contributed by atoms with Crippen LogP contribution in [-0.4, -0.2) is 67.8 Å². The lowest BCUT2D eigenvalue weighted by molar-refractivity contribution is 0.102. The number of amides is 1. The highest BCUT2D eigenvalue weighted by atomic mass is 32.2. The number of nitrogen functional groups attached to an aromatic ring is 1. The Kier molecular flexibility index (Phi) is 11.6. The number of hydrogen-bond donors (Lipinski definition) is 7. The maximum Gasteiger partial charge on any atom is 0.296 e. The van der Waals surface area contributed by atoms with E-state index in [1.807, 2.05) is 0 Å². The van der Waals surface area contributed by atoms with Gasteiger partial charge in [-0.05, 0) is 114 Å². The van der Waals surface area contributed by atoms with Gasteiger partial charge in [0.2, 0.25) is 11.6 Å². The number of nitrogens with one attached hydrogen (secondary N) is 3. The lowest BCUT2D eigenvalue weighted by Gasteiger charge is -2.18. The van der Waals surface area contributed by atoms with Gasteiger partial charge < -0.3 is 11.1 Å². The number of hydrogen-bond acceptors (Lipinski definition) is 16. The van der Waals surface area contributed by atoms with Gasteiger partial charge in [0.05, 0.1) is 27.6 Å². The van der Waals surface area contributed by atoms with Crippen LogP contribution in [0, 0.1) is 0 Å². The molecule has 23 heteroatoms. The molecule has 0 unspecified atom stereocenters. The van der Waals surface area contributed by atoms with E-state index in [9.17, 15) is 53.3 Å². The Labute approximate surface area is 374 Å². The van der Waals surface area contributed by atoms with Crippen molar-refractivity contribution in [2.75, 3.05) is 21.9 Å². The number of ketones is 2. The third-order valence-electron chi connectivity index (χ3n) is 9.92. The van der Waals surface area contributed by atoms with Gasteiger partial charge in [-0.25, -0.2) is 0 Å². The highest BCUT2D eigenvalue weighted by Gasteiger charge is 2.34. The van der Waals surface area contributed by atoms with E-state index in [2.05, 4.69) is 36.6 Å². The lowest BCUT2D eigenvalue weighted by atomic mass is 9.94. The predicted molar refractivity (Wildman–Crippen MR) is 246 cm³/mol. The average Bonchev–Trinajstić information content (AvgIpc) is 3.27. The molecule has 0 heterocycles. The molecule has 1 amide bonds. The van der Waals surface area contributed by atoms with Crippen LogP contribution in [0.3, 0.4) is 0 Å². The number of azo groups is 1. The van der Waals surface area contributed by atoms with Crippen molar-refractivity contribution in [3.8, 4) is 0 Å². The zero-order valence-electron chi connectivity index (χ0n) is 33.3. The van der Waals surface area contributed by atoms with Crippen LogP contribution < -0.4 is 21.9 Å². The summed E-state index contributed by atoms with van der Waals surface area (Å²) in [5.74, 6) is -2.30. The Morgan fingerprint density at radius 1 is 0.561 bits per heavy atom. The van der Waals surface area contributed by atoms with Crippen LogP contribution in [0.25, 0.3) is 22.9 Å². The number of nitrogens with two attached hydrogens (primary N) is 1. The molecule has 332 valence electrons. The summed E-state index contributed by atoms with van der Waals surface area (Å²) in [4.78, 5) is 38.2. The SMILES string of the molecule is Nc1ccc2c(c1)C=C(S(=O)(=O)O)/C(=N\Nc1ccc(C(=O)Nc3ccc4c(c3)C=C(S(=O)(=O)O)/C(=N/Nc3ccc(N=Nc5cccc(S(=O)(=O)O)c5)c5ccccc35)C4=O)cc1)C2=O. The van der Waals surface area contributed by atoms with Crippen LogP contribution in [0.5, 0.6) is 0 Å². The van der Waals surface area contributed by atoms with Gasteiger partial charge in [0.25, 0.3) is 36.3 Å². The fraction of sp³-hybridized carbons (Fsp3) is 0. The minimum atomic E-state index is -5.06. The smallest absolute Gasteiger partial charge is 0.296 e. The fourth-order valence-electron chi connectivity index (χ4n) is 6.80. The molecule has 0 saturated heterocycles. The molecule has 0 spiro atoms. The number of fused-ring (bicyclic) bond motifs is 3. The van der Waals surface area contributed by atoms with Crippen molar-refractivity contribution in [2.24, 2.45) is 20.4 Å². The number of benzene rings is 6. The van der Waals surface area contributed by atoms with E-state index in [0.717, 1.165) is 18.2 Å². The fourth-order valence-corrected chi connectivity index (χ4v) is 8.64. The van der Waals surface area contributed by atoms with Gasteiger partial charge in [0.15, 0.2) is 11.4 Å². The van der Waals surface area contributed by atoms with Crippen molar-refractivity contribution in [2.45, 2.75) is 4.90 Å². The molecule has 0 aromatic heterocycles. The second-order valence-electron chi connectivity index (χ2n) is 14.3. The lowest BCUT2D eigenvalue weighted by Crippen LogP contribution is -2.27. The number of anilines is 4. The molecule has 0 aliphatic heterocycles. The Morgan fingerprint density at radius 3 is 1.79 bits per heavy atom. The van der Waals surface area contributed by atoms with Crippen molar-refractivity contribution in [1.82, 2.24) is 0 Å². The standard InChI is InChI=1S/C43H30N8O12S3/c44-26-10-14-31-24(18-26)20-37(65(58,59)60)39(41(31)52)50-46-27-11-8-23(9-12-27)43(54)45-28-13-15-32-25(19-28)21-38(66(61,62)63)40(42(32)53)51-49-36-17-16-35(33-6-1-2-7-34(33)36)48-47-29-4-3-5-30(22-29)64(55,56)57/h1-22,46,49H,44H2,(H,45,54)(H,55,56,57)(H,58,59,60)(H,61,62,63)/b48-47?,50-39+,51-40-. The molecule has 0 radical (unpaired) electrons. The van der Waals surface area contributed by atoms with E-state index in [-0.39, 0.29) is 55.5 Å². The van der Waals surface area contributed by atoms with E-state index in [0.29, 0.717) is 22.1 Å². The van der Waals surface area contributed by atoms with E-state index in [1.54, 1.807) is 24.3 Å². The molecule has 8 rings (SSSR count). The summed E-state index contributed by atoms with van der Waals surface area (Å²) < 4.78 is 102. The molecule has 2 aliphatic carbocycles.